The van der Waals surface area contributed by atoms with Crippen LogP contribution in [0.2, 0.25) is 0 Å². The maximum absolute atomic E-state index is 5.98. The second kappa shape index (κ2) is 6.80. The Hall–Kier alpha value is -2.48. The maximum Gasteiger partial charge on any atom is 0.0349 e. The lowest BCUT2D eigenvalue weighted by atomic mass is 9.98. The predicted molar refractivity (Wildman–Crippen MR) is 92.3 cm³/mol. The van der Waals surface area contributed by atoms with Crippen molar-refractivity contribution in [1.82, 2.24) is 0 Å². The molecule has 0 aromatic heterocycles. The quantitative estimate of drug-likeness (QED) is 0.622. The van der Waals surface area contributed by atoms with Gasteiger partial charge < -0.3 is 11.5 Å². The van der Waals surface area contributed by atoms with Crippen molar-refractivity contribution in [2.45, 2.75) is 19.3 Å². The van der Waals surface area contributed by atoms with Crippen LogP contribution in [0.4, 0.5) is 11.4 Å². The van der Waals surface area contributed by atoms with E-state index in [2.05, 4.69) is 37.4 Å². The minimum Gasteiger partial charge on any atom is -0.398 e. The van der Waals surface area contributed by atoms with Crippen LogP contribution >= 0.6 is 0 Å². The van der Waals surface area contributed by atoms with Gasteiger partial charge in [0, 0.05) is 11.4 Å². The largest absolute Gasteiger partial charge is 0.398 e. The van der Waals surface area contributed by atoms with Gasteiger partial charge in [0.1, 0.15) is 0 Å². The minimum atomic E-state index is 0.795. The second-order valence-corrected chi connectivity index (χ2v) is 5.23. The number of nitrogens with two attached hydrogens (primary N) is 2. The van der Waals surface area contributed by atoms with Crippen LogP contribution in [0.3, 0.4) is 0 Å². The Balaban J connectivity index is 2.25. The van der Waals surface area contributed by atoms with Gasteiger partial charge in [-0.2, -0.15) is 0 Å². The van der Waals surface area contributed by atoms with E-state index in [0.717, 1.165) is 41.8 Å². The summed E-state index contributed by atoms with van der Waals surface area (Å²) in [6.45, 7) is 7.55. The number of rotatable bonds is 6. The van der Waals surface area contributed by atoms with E-state index >= 15 is 0 Å². The average Bonchev–Trinajstić information content (AvgIpc) is 2.47. The first kappa shape index (κ1) is 14.9. The molecule has 0 atom stereocenters. The lowest BCUT2D eigenvalue weighted by Crippen LogP contribution is -1.98. The number of benzene rings is 2. The van der Waals surface area contributed by atoms with Gasteiger partial charge in [-0.1, -0.05) is 36.4 Å². The zero-order chi connectivity index (χ0) is 15.2. The normalized spacial score (nSPS) is 10.3. The molecule has 0 saturated carbocycles. The van der Waals surface area contributed by atoms with Crippen LogP contribution in [-0.2, 0) is 19.3 Å². The molecule has 108 valence electrons. The first-order valence-corrected chi connectivity index (χ1v) is 7.10. The number of allylic oxidation sites excluding steroid dienone is 2. The molecule has 0 fully saturated rings. The molecule has 0 bridgehead atoms. The fourth-order valence-electron chi connectivity index (χ4n) is 2.44. The summed E-state index contributed by atoms with van der Waals surface area (Å²) in [5.74, 6) is 0. The smallest absolute Gasteiger partial charge is 0.0349 e. The Labute approximate surface area is 126 Å². The first-order valence-electron chi connectivity index (χ1n) is 7.10. The van der Waals surface area contributed by atoms with E-state index < -0.39 is 0 Å². The Bertz CT molecular complexity index is 599. The van der Waals surface area contributed by atoms with Crippen molar-refractivity contribution in [3.8, 4) is 0 Å². The SMILES string of the molecule is C=CCc1cc(Cc2ccc(N)c(CC=C)c2)ccc1N. The molecule has 0 amide bonds. The molecule has 0 saturated heterocycles. The van der Waals surface area contributed by atoms with Crippen molar-refractivity contribution in [1.29, 1.82) is 0 Å². The molecule has 0 spiro atoms. The fraction of sp³-hybridized carbons (Fsp3) is 0.158. The predicted octanol–water partition coefficient (Wildman–Crippen LogP) is 3.90. The second-order valence-electron chi connectivity index (χ2n) is 5.23. The number of nitrogen functional groups attached to an aromatic ring is 2. The van der Waals surface area contributed by atoms with E-state index in [1.807, 2.05) is 24.3 Å². The zero-order valence-electron chi connectivity index (χ0n) is 12.3. The van der Waals surface area contributed by atoms with E-state index in [0.29, 0.717) is 0 Å². The Kier molecular flexibility index (Phi) is 4.83. The summed E-state index contributed by atoms with van der Waals surface area (Å²) in [6, 6.07) is 12.4. The lowest BCUT2D eigenvalue weighted by Gasteiger charge is -2.10. The minimum absolute atomic E-state index is 0.795. The van der Waals surface area contributed by atoms with Gasteiger partial charge in [-0.05, 0) is 53.6 Å². The van der Waals surface area contributed by atoms with Crippen molar-refractivity contribution >= 4 is 11.4 Å². The third kappa shape index (κ3) is 3.76. The van der Waals surface area contributed by atoms with Crippen molar-refractivity contribution in [3.63, 3.8) is 0 Å². The molecule has 0 radical (unpaired) electrons. The van der Waals surface area contributed by atoms with Gasteiger partial charge >= 0.3 is 0 Å². The molecule has 0 unspecified atom stereocenters. The molecular weight excluding hydrogens is 256 g/mol. The van der Waals surface area contributed by atoms with Crippen LogP contribution in [0, 0.1) is 0 Å². The highest BCUT2D eigenvalue weighted by molar-refractivity contribution is 5.52. The molecule has 2 heteroatoms. The highest BCUT2D eigenvalue weighted by Crippen LogP contribution is 2.21. The molecule has 2 aromatic rings. The number of anilines is 2. The monoisotopic (exact) mass is 278 g/mol. The Morgan fingerprint density at radius 2 is 1.19 bits per heavy atom. The molecule has 2 nitrogen and oxygen atoms in total. The summed E-state index contributed by atoms with van der Waals surface area (Å²) >= 11 is 0. The summed E-state index contributed by atoms with van der Waals surface area (Å²) < 4.78 is 0. The van der Waals surface area contributed by atoms with Crippen molar-refractivity contribution in [2.75, 3.05) is 11.5 Å². The van der Waals surface area contributed by atoms with Gasteiger partial charge in [0.2, 0.25) is 0 Å². The van der Waals surface area contributed by atoms with Crippen molar-refractivity contribution in [2.24, 2.45) is 0 Å². The molecular formula is C19H22N2. The molecule has 21 heavy (non-hydrogen) atoms. The Morgan fingerprint density at radius 1 is 0.762 bits per heavy atom. The van der Waals surface area contributed by atoms with Gasteiger partial charge in [0.05, 0.1) is 0 Å². The van der Waals surface area contributed by atoms with Gasteiger partial charge in [-0.15, -0.1) is 13.2 Å². The van der Waals surface area contributed by atoms with Gasteiger partial charge in [-0.3, -0.25) is 0 Å². The van der Waals surface area contributed by atoms with E-state index in [1.165, 1.54) is 11.1 Å². The number of hydrogen-bond acceptors (Lipinski definition) is 2. The van der Waals surface area contributed by atoms with Gasteiger partial charge in [0.15, 0.2) is 0 Å². The third-order valence-corrected chi connectivity index (χ3v) is 3.55. The summed E-state index contributed by atoms with van der Waals surface area (Å²) in [6.07, 6.45) is 6.21. The number of hydrogen-bond donors (Lipinski definition) is 2. The Morgan fingerprint density at radius 3 is 1.57 bits per heavy atom. The van der Waals surface area contributed by atoms with Crippen LogP contribution in [0.25, 0.3) is 0 Å². The average molecular weight is 278 g/mol. The zero-order valence-corrected chi connectivity index (χ0v) is 12.3. The van der Waals surface area contributed by atoms with E-state index in [4.69, 9.17) is 11.5 Å². The van der Waals surface area contributed by atoms with Crippen LogP contribution < -0.4 is 11.5 Å². The van der Waals surface area contributed by atoms with Crippen molar-refractivity contribution < 1.29 is 0 Å². The lowest BCUT2D eigenvalue weighted by molar-refractivity contribution is 1.15. The van der Waals surface area contributed by atoms with E-state index in [9.17, 15) is 0 Å². The van der Waals surface area contributed by atoms with Crippen LogP contribution in [0.5, 0.6) is 0 Å². The highest BCUT2D eigenvalue weighted by atomic mass is 14.6. The molecule has 0 heterocycles. The van der Waals surface area contributed by atoms with Crippen LogP contribution in [0.15, 0.2) is 61.7 Å². The summed E-state index contributed by atoms with van der Waals surface area (Å²) in [7, 11) is 0. The van der Waals surface area contributed by atoms with E-state index in [-0.39, 0.29) is 0 Å². The molecule has 0 aliphatic rings. The molecule has 4 N–H and O–H groups in total. The molecule has 2 rings (SSSR count). The maximum atomic E-state index is 5.98. The molecule has 2 aromatic carbocycles. The van der Waals surface area contributed by atoms with Crippen molar-refractivity contribution in [3.05, 3.63) is 84.0 Å². The summed E-state index contributed by atoms with van der Waals surface area (Å²) in [5.41, 5.74) is 18.3. The van der Waals surface area contributed by atoms with Gasteiger partial charge in [-0.25, -0.2) is 0 Å². The highest BCUT2D eigenvalue weighted by Gasteiger charge is 2.04. The summed E-state index contributed by atoms with van der Waals surface area (Å²) in [5, 5.41) is 0. The standard InChI is InChI=1S/C19H22N2/c1-3-5-16-12-14(7-9-18(16)20)11-15-8-10-19(21)17(13-15)6-4-2/h3-4,7-10,12-13H,1-2,5-6,11,20-21H2. The third-order valence-electron chi connectivity index (χ3n) is 3.55. The first-order chi connectivity index (χ1) is 10.1. The topological polar surface area (TPSA) is 52.0 Å². The van der Waals surface area contributed by atoms with Crippen LogP contribution in [-0.4, -0.2) is 0 Å². The van der Waals surface area contributed by atoms with Crippen LogP contribution in [0.1, 0.15) is 22.3 Å². The molecule has 0 aliphatic heterocycles. The fourth-order valence-corrected chi connectivity index (χ4v) is 2.44. The summed E-state index contributed by atoms with van der Waals surface area (Å²) in [4.78, 5) is 0. The van der Waals surface area contributed by atoms with E-state index in [1.54, 1.807) is 0 Å². The van der Waals surface area contributed by atoms with Gasteiger partial charge in [0.25, 0.3) is 0 Å². The molecule has 0 aliphatic carbocycles.